The largest absolute Gasteiger partial charge is 0.469 e. The van der Waals surface area contributed by atoms with Crippen molar-refractivity contribution in [2.75, 3.05) is 31.8 Å². The predicted molar refractivity (Wildman–Crippen MR) is 84.4 cm³/mol. The zero-order valence-electron chi connectivity index (χ0n) is 12.9. The van der Waals surface area contributed by atoms with Gasteiger partial charge >= 0.3 is 0 Å². The van der Waals surface area contributed by atoms with Crippen LogP contribution in [0.15, 0.2) is 34.9 Å². The minimum Gasteiger partial charge on any atom is -0.469 e. The van der Waals surface area contributed by atoms with Crippen molar-refractivity contribution in [3.63, 3.8) is 0 Å². The van der Waals surface area contributed by atoms with Crippen LogP contribution in [0.25, 0.3) is 0 Å². The van der Waals surface area contributed by atoms with E-state index < -0.39 is 0 Å². The first-order valence-electron chi connectivity index (χ1n) is 6.75. The lowest BCUT2D eigenvalue weighted by atomic mass is 10.1. The van der Waals surface area contributed by atoms with Crippen molar-refractivity contribution >= 4 is 17.3 Å². The Morgan fingerprint density at radius 1 is 1.24 bits per heavy atom. The van der Waals surface area contributed by atoms with Gasteiger partial charge in [-0.3, -0.25) is 4.79 Å². The first kappa shape index (κ1) is 15.0. The van der Waals surface area contributed by atoms with Crippen LogP contribution in [0.1, 0.15) is 21.7 Å². The van der Waals surface area contributed by atoms with Crippen molar-refractivity contribution in [2.24, 2.45) is 0 Å². The van der Waals surface area contributed by atoms with E-state index in [2.05, 4.69) is 0 Å². The van der Waals surface area contributed by atoms with E-state index in [4.69, 9.17) is 10.2 Å². The molecule has 0 fully saturated rings. The summed E-state index contributed by atoms with van der Waals surface area (Å²) in [6.45, 7) is 2.58. The summed E-state index contributed by atoms with van der Waals surface area (Å²) in [5, 5.41) is 0. The minimum absolute atomic E-state index is 0.0410. The molecule has 1 amide bonds. The highest BCUT2D eigenvalue weighted by Gasteiger charge is 2.17. The number of rotatable bonds is 4. The van der Waals surface area contributed by atoms with E-state index in [0.717, 1.165) is 17.0 Å². The third-order valence-electron chi connectivity index (χ3n) is 3.44. The highest BCUT2D eigenvalue weighted by molar-refractivity contribution is 6.00. The summed E-state index contributed by atoms with van der Waals surface area (Å²) in [6, 6.07) is 7.28. The van der Waals surface area contributed by atoms with Gasteiger partial charge in [-0.25, -0.2) is 0 Å². The molecular formula is C16H21N3O2. The van der Waals surface area contributed by atoms with Crippen molar-refractivity contribution in [1.29, 1.82) is 0 Å². The summed E-state index contributed by atoms with van der Waals surface area (Å²) in [5.41, 5.74) is 9.05. The van der Waals surface area contributed by atoms with Gasteiger partial charge in [-0.15, -0.1) is 0 Å². The molecule has 2 rings (SSSR count). The van der Waals surface area contributed by atoms with Gasteiger partial charge in [0.15, 0.2) is 0 Å². The van der Waals surface area contributed by atoms with Crippen LogP contribution in [0.5, 0.6) is 0 Å². The molecule has 0 radical (unpaired) electrons. The van der Waals surface area contributed by atoms with Crippen molar-refractivity contribution in [3.05, 3.63) is 47.4 Å². The Bertz CT molecular complexity index is 647. The van der Waals surface area contributed by atoms with Gasteiger partial charge in [-0.1, -0.05) is 0 Å². The number of nitrogens with two attached hydrogens (primary N) is 1. The Labute approximate surface area is 124 Å². The number of aryl methyl sites for hydroxylation is 1. The monoisotopic (exact) mass is 287 g/mol. The Hall–Kier alpha value is -2.43. The predicted octanol–water partition coefficient (Wildman–Crippen LogP) is 2.51. The second-order valence-corrected chi connectivity index (χ2v) is 5.33. The third kappa shape index (κ3) is 3.18. The number of carbonyl (C=O) groups is 1. The molecule has 112 valence electrons. The molecule has 5 heteroatoms. The molecule has 21 heavy (non-hydrogen) atoms. The SMILES string of the molecule is Cc1occc1CN(C)c1cc(N)ccc1C(=O)N(C)C. The van der Waals surface area contributed by atoms with E-state index >= 15 is 0 Å². The van der Waals surface area contributed by atoms with Crippen molar-refractivity contribution in [2.45, 2.75) is 13.5 Å². The molecule has 0 unspecified atom stereocenters. The molecule has 2 N–H and O–H groups in total. The highest BCUT2D eigenvalue weighted by atomic mass is 16.3. The number of amides is 1. The molecule has 0 aliphatic carbocycles. The van der Waals surface area contributed by atoms with Crippen LogP contribution in [0.3, 0.4) is 0 Å². The van der Waals surface area contributed by atoms with Crippen LogP contribution in [-0.4, -0.2) is 32.0 Å². The fourth-order valence-electron chi connectivity index (χ4n) is 2.20. The summed E-state index contributed by atoms with van der Waals surface area (Å²) in [4.78, 5) is 15.9. The average Bonchev–Trinajstić information content (AvgIpc) is 2.83. The maximum Gasteiger partial charge on any atom is 0.255 e. The zero-order valence-corrected chi connectivity index (χ0v) is 12.9. The van der Waals surface area contributed by atoms with Crippen LogP contribution in [0, 0.1) is 6.92 Å². The summed E-state index contributed by atoms with van der Waals surface area (Å²) in [7, 11) is 5.42. The van der Waals surface area contributed by atoms with Crippen LogP contribution in [-0.2, 0) is 6.54 Å². The van der Waals surface area contributed by atoms with Crippen LogP contribution < -0.4 is 10.6 Å². The Kier molecular flexibility index (Phi) is 4.21. The molecule has 0 saturated carbocycles. The third-order valence-corrected chi connectivity index (χ3v) is 3.44. The number of nitrogens with zero attached hydrogens (tertiary/aromatic N) is 2. The van der Waals surface area contributed by atoms with E-state index in [1.54, 1.807) is 37.4 Å². The van der Waals surface area contributed by atoms with Gasteiger partial charge in [0.2, 0.25) is 0 Å². The number of hydrogen-bond acceptors (Lipinski definition) is 4. The quantitative estimate of drug-likeness (QED) is 0.878. The molecule has 0 spiro atoms. The van der Waals surface area contributed by atoms with Gasteiger partial charge in [0.25, 0.3) is 5.91 Å². The maximum atomic E-state index is 12.3. The average molecular weight is 287 g/mol. The number of carbonyl (C=O) groups excluding carboxylic acids is 1. The topological polar surface area (TPSA) is 62.7 Å². The van der Waals surface area contributed by atoms with Crippen LogP contribution in [0.4, 0.5) is 11.4 Å². The zero-order chi connectivity index (χ0) is 15.6. The highest BCUT2D eigenvalue weighted by Crippen LogP contribution is 2.26. The summed E-state index contributed by atoms with van der Waals surface area (Å²) in [5.74, 6) is 0.840. The van der Waals surface area contributed by atoms with Crippen LogP contribution >= 0.6 is 0 Å². The molecule has 2 aromatic rings. The smallest absolute Gasteiger partial charge is 0.255 e. The summed E-state index contributed by atoms with van der Waals surface area (Å²) in [6.07, 6.45) is 1.67. The van der Waals surface area contributed by atoms with Crippen molar-refractivity contribution < 1.29 is 9.21 Å². The lowest BCUT2D eigenvalue weighted by Crippen LogP contribution is -2.26. The first-order chi connectivity index (χ1) is 9.90. The number of furan rings is 1. The summed E-state index contributed by atoms with van der Waals surface area (Å²) < 4.78 is 5.31. The maximum absolute atomic E-state index is 12.3. The van der Waals surface area contributed by atoms with Gasteiger partial charge in [0, 0.05) is 38.9 Å². The Morgan fingerprint density at radius 3 is 2.52 bits per heavy atom. The fourth-order valence-corrected chi connectivity index (χ4v) is 2.20. The van der Waals surface area contributed by atoms with E-state index in [1.807, 2.05) is 31.0 Å². The normalized spacial score (nSPS) is 10.5. The molecule has 1 aromatic heterocycles. The minimum atomic E-state index is -0.0410. The number of hydrogen-bond donors (Lipinski definition) is 1. The molecule has 0 saturated heterocycles. The summed E-state index contributed by atoms with van der Waals surface area (Å²) >= 11 is 0. The molecule has 1 aromatic carbocycles. The van der Waals surface area contributed by atoms with Crippen LogP contribution in [0.2, 0.25) is 0 Å². The molecule has 0 bridgehead atoms. The molecule has 1 heterocycles. The van der Waals surface area contributed by atoms with Crippen molar-refractivity contribution in [3.8, 4) is 0 Å². The first-order valence-corrected chi connectivity index (χ1v) is 6.75. The fraction of sp³-hybridized carbons (Fsp3) is 0.312. The molecule has 0 aliphatic heterocycles. The lowest BCUT2D eigenvalue weighted by Gasteiger charge is -2.23. The van der Waals surface area contributed by atoms with Gasteiger partial charge < -0.3 is 20.0 Å². The standard InChI is InChI=1S/C16H21N3O2/c1-11-12(7-8-21-11)10-19(4)15-9-13(17)5-6-14(15)16(20)18(2)3/h5-9H,10,17H2,1-4H3. The Balaban J connectivity index is 2.35. The molecule has 0 atom stereocenters. The second kappa shape index (κ2) is 5.91. The second-order valence-electron chi connectivity index (χ2n) is 5.33. The van der Waals surface area contributed by atoms with E-state index in [1.165, 1.54) is 0 Å². The number of nitrogen functional groups attached to an aromatic ring is 1. The van der Waals surface area contributed by atoms with E-state index in [0.29, 0.717) is 17.8 Å². The number of benzene rings is 1. The molecule has 5 nitrogen and oxygen atoms in total. The van der Waals surface area contributed by atoms with Gasteiger partial charge in [-0.2, -0.15) is 0 Å². The van der Waals surface area contributed by atoms with Crippen molar-refractivity contribution in [1.82, 2.24) is 4.90 Å². The molecule has 0 aliphatic rings. The lowest BCUT2D eigenvalue weighted by molar-refractivity contribution is 0.0828. The Morgan fingerprint density at radius 2 is 1.95 bits per heavy atom. The molecular weight excluding hydrogens is 266 g/mol. The van der Waals surface area contributed by atoms with E-state index in [-0.39, 0.29) is 5.91 Å². The number of anilines is 2. The van der Waals surface area contributed by atoms with E-state index in [9.17, 15) is 4.79 Å². The van der Waals surface area contributed by atoms with Gasteiger partial charge in [-0.05, 0) is 31.2 Å². The van der Waals surface area contributed by atoms with Gasteiger partial charge in [0.1, 0.15) is 5.76 Å². The van der Waals surface area contributed by atoms with Gasteiger partial charge in [0.05, 0.1) is 17.5 Å².